The molecule has 0 heterocycles. The first-order chi connectivity index (χ1) is 9.70. The predicted molar refractivity (Wildman–Crippen MR) is 91.7 cm³/mol. The van der Waals surface area contributed by atoms with Crippen LogP contribution in [-0.4, -0.2) is 6.54 Å². The summed E-state index contributed by atoms with van der Waals surface area (Å²) >= 11 is 11.5. The molecule has 0 aliphatic rings. The molecule has 20 heavy (non-hydrogen) atoms. The summed E-state index contributed by atoms with van der Waals surface area (Å²) in [6, 6.07) is 14.4. The maximum absolute atomic E-state index is 6.37. The number of nitrogens with one attached hydrogen (secondary N) is 1. The van der Waals surface area contributed by atoms with E-state index in [2.05, 4.69) is 46.4 Å². The number of hydrogen-bond acceptors (Lipinski definition) is 2. The minimum absolute atomic E-state index is 0.814. The van der Waals surface area contributed by atoms with E-state index in [-0.39, 0.29) is 0 Å². The van der Waals surface area contributed by atoms with Gasteiger partial charge in [0.05, 0.1) is 5.02 Å². The van der Waals surface area contributed by atoms with E-state index >= 15 is 0 Å². The first kappa shape index (κ1) is 15.9. The third kappa shape index (κ3) is 4.52. The SMILES string of the molecule is CCCNCc1cccc(Cl)c1Sc1ccc(Br)cc1. The van der Waals surface area contributed by atoms with E-state index in [9.17, 15) is 0 Å². The number of halogens is 2. The van der Waals surface area contributed by atoms with Crippen LogP contribution < -0.4 is 5.32 Å². The van der Waals surface area contributed by atoms with E-state index in [1.807, 2.05) is 24.3 Å². The van der Waals surface area contributed by atoms with Gasteiger partial charge in [0.1, 0.15) is 0 Å². The van der Waals surface area contributed by atoms with Crippen LogP contribution in [0.5, 0.6) is 0 Å². The van der Waals surface area contributed by atoms with E-state index in [0.29, 0.717) is 0 Å². The van der Waals surface area contributed by atoms with E-state index in [0.717, 1.165) is 33.9 Å². The summed E-state index contributed by atoms with van der Waals surface area (Å²) in [6.07, 6.45) is 1.13. The van der Waals surface area contributed by atoms with Gasteiger partial charge in [0.25, 0.3) is 0 Å². The first-order valence-corrected chi connectivity index (χ1v) is 8.61. The molecule has 0 saturated heterocycles. The van der Waals surface area contributed by atoms with Crippen molar-refractivity contribution in [2.24, 2.45) is 0 Å². The molecule has 0 bridgehead atoms. The predicted octanol–water partition coefficient (Wildman–Crippen LogP) is 5.75. The zero-order valence-corrected chi connectivity index (χ0v) is 14.5. The Bertz CT molecular complexity index is 557. The summed E-state index contributed by atoms with van der Waals surface area (Å²) in [7, 11) is 0. The molecular weight excluding hydrogens is 354 g/mol. The van der Waals surface area contributed by atoms with Crippen molar-refractivity contribution in [2.45, 2.75) is 29.7 Å². The highest BCUT2D eigenvalue weighted by molar-refractivity contribution is 9.10. The third-order valence-electron chi connectivity index (χ3n) is 2.82. The lowest BCUT2D eigenvalue weighted by Crippen LogP contribution is -2.14. The van der Waals surface area contributed by atoms with Crippen LogP contribution in [0.25, 0.3) is 0 Å². The second kappa shape index (κ2) is 8.08. The molecule has 1 N–H and O–H groups in total. The Hall–Kier alpha value is -0.480. The fourth-order valence-corrected chi connectivity index (χ4v) is 3.35. The standard InChI is InChI=1S/C16H17BrClNS/c1-2-10-19-11-12-4-3-5-15(18)16(12)20-14-8-6-13(17)7-9-14/h3-9,19H,2,10-11H2,1H3. The Labute approximate surface area is 138 Å². The molecule has 0 aromatic heterocycles. The van der Waals surface area contributed by atoms with Gasteiger partial charge in [0.2, 0.25) is 0 Å². The molecule has 0 fully saturated rings. The van der Waals surface area contributed by atoms with Gasteiger partial charge in [-0.1, -0.05) is 58.3 Å². The fraction of sp³-hybridized carbons (Fsp3) is 0.250. The van der Waals surface area contributed by atoms with Crippen LogP contribution in [0.3, 0.4) is 0 Å². The topological polar surface area (TPSA) is 12.0 Å². The Morgan fingerprint density at radius 1 is 1.15 bits per heavy atom. The molecule has 106 valence electrons. The molecule has 0 spiro atoms. The van der Waals surface area contributed by atoms with Crippen molar-refractivity contribution < 1.29 is 0 Å². The van der Waals surface area contributed by atoms with Crippen LogP contribution in [0.1, 0.15) is 18.9 Å². The third-order valence-corrected chi connectivity index (χ3v) is 4.97. The lowest BCUT2D eigenvalue weighted by Gasteiger charge is -2.12. The quantitative estimate of drug-likeness (QED) is 0.649. The second-order valence-corrected chi connectivity index (χ2v) is 6.87. The Kier molecular flexibility index (Phi) is 6.43. The normalized spacial score (nSPS) is 10.8. The minimum atomic E-state index is 0.814. The van der Waals surface area contributed by atoms with Crippen molar-refractivity contribution in [3.05, 3.63) is 57.5 Å². The summed E-state index contributed by atoms with van der Waals surface area (Å²) in [5.41, 5.74) is 1.25. The van der Waals surface area contributed by atoms with Gasteiger partial charge in [-0.15, -0.1) is 0 Å². The van der Waals surface area contributed by atoms with Gasteiger partial charge < -0.3 is 5.32 Å². The zero-order chi connectivity index (χ0) is 14.4. The van der Waals surface area contributed by atoms with Gasteiger partial charge in [-0.3, -0.25) is 0 Å². The summed E-state index contributed by atoms with van der Waals surface area (Å²) in [6.45, 7) is 4.05. The summed E-state index contributed by atoms with van der Waals surface area (Å²) in [5.74, 6) is 0. The highest BCUT2D eigenvalue weighted by atomic mass is 79.9. The van der Waals surface area contributed by atoms with Gasteiger partial charge in [0.15, 0.2) is 0 Å². The molecule has 0 aliphatic carbocycles. The Balaban J connectivity index is 2.18. The minimum Gasteiger partial charge on any atom is -0.313 e. The van der Waals surface area contributed by atoms with Gasteiger partial charge in [-0.05, 0) is 48.9 Å². The average molecular weight is 371 g/mol. The number of rotatable bonds is 6. The molecule has 2 aromatic carbocycles. The molecule has 0 unspecified atom stereocenters. The lowest BCUT2D eigenvalue weighted by molar-refractivity contribution is 0.669. The van der Waals surface area contributed by atoms with Gasteiger partial charge in [-0.2, -0.15) is 0 Å². The molecular formula is C16H17BrClNS. The van der Waals surface area contributed by atoms with Crippen molar-refractivity contribution in [3.63, 3.8) is 0 Å². The smallest absolute Gasteiger partial charge is 0.0548 e. The number of benzene rings is 2. The molecule has 0 aliphatic heterocycles. The maximum Gasteiger partial charge on any atom is 0.0548 e. The molecule has 0 saturated carbocycles. The van der Waals surface area contributed by atoms with Crippen molar-refractivity contribution in [3.8, 4) is 0 Å². The monoisotopic (exact) mass is 369 g/mol. The van der Waals surface area contributed by atoms with Crippen molar-refractivity contribution >= 4 is 39.3 Å². The molecule has 4 heteroatoms. The zero-order valence-electron chi connectivity index (χ0n) is 11.3. The van der Waals surface area contributed by atoms with E-state index < -0.39 is 0 Å². The van der Waals surface area contributed by atoms with Crippen LogP contribution in [0.2, 0.25) is 5.02 Å². The molecule has 2 aromatic rings. The Morgan fingerprint density at radius 3 is 2.60 bits per heavy atom. The van der Waals surface area contributed by atoms with Crippen molar-refractivity contribution in [1.29, 1.82) is 0 Å². The van der Waals surface area contributed by atoms with Crippen LogP contribution in [0.15, 0.2) is 56.7 Å². The van der Waals surface area contributed by atoms with Gasteiger partial charge in [0, 0.05) is 20.8 Å². The van der Waals surface area contributed by atoms with Crippen molar-refractivity contribution in [2.75, 3.05) is 6.54 Å². The van der Waals surface area contributed by atoms with Crippen LogP contribution in [-0.2, 0) is 6.54 Å². The van der Waals surface area contributed by atoms with Crippen molar-refractivity contribution in [1.82, 2.24) is 5.32 Å². The fourth-order valence-electron chi connectivity index (χ4n) is 1.83. The lowest BCUT2D eigenvalue weighted by atomic mass is 10.2. The van der Waals surface area contributed by atoms with Crippen LogP contribution in [0, 0.1) is 0 Å². The summed E-state index contributed by atoms with van der Waals surface area (Å²) in [5, 5.41) is 4.25. The van der Waals surface area contributed by atoms with Crippen LogP contribution >= 0.6 is 39.3 Å². The van der Waals surface area contributed by atoms with Gasteiger partial charge >= 0.3 is 0 Å². The second-order valence-electron chi connectivity index (χ2n) is 4.46. The Morgan fingerprint density at radius 2 is 1.90 bits per heavy atom. The molecule has 0 radical (unpaired) electrons. The largest absolute Gasteiger partial charge is 0.313 e. The van der Waals surface area contributed by atoms with E-state index in [4.69, 9.17) is 11.6 Å². The van der Waals surface area contributed by atoms with E-state index in [1.54, 1.807) is 11.8 Å². The highest BCUT2D eigenvalue weighted by Crippen LogP contribution is 2.36. The summed E-state index contributed by atoms with van der Waals surface area (Å²) in [4.78, 5) is 2.33. The first-order valence-electron chi connectivity index (χ1n) is 6.62. The molecule has 2 rings (SSSR count). The molecule has 1 nitrogen and oxygen atoms in total. The van der Waals surface area contributed by atoms with E-state index in [1.165, 1.54) is 10.5 Å². The maximum atomic E-state index is 6.37. The van der Waals surface area contributed by atoms with Gasteiger partial charge in [-0.25, -0.2) is 0 Å². The molecule has 0 atom stereocenters. The average Bonchev–Trinajstić information content (AvgIpc) is 2.45. The van der Waals surface area contributed by atoms with Crippen LogP contribution in [0.4, 0.5) is 0 Å². The highest BCUT2D eigenvalue weighted by Gasteiger charge is 2.08. The number of hydrogen-bond donors (Lipinski definition) is 1. The summed E-state index contributed by atoms with van der Waals surface area (Å²) < 4.78 is 1.09. The molecule has 0 amide bonds.